The van der Waals surface area contributed by atoms with Crippen LogP contribution in [0, 0.1) is 17.7 Å². The molecular formula is C13H15FN2O. The number of anilines is 1. The molecule has 2 bridgehead atoms. The summed E-state index contributed by atoms with van der Waals surface area (Å²) in [6.45, 7) is 0.473. The summed E-state index contributed by atoms with van der Waals surface area (Å²) in [7, 11) is 0. The Hall–Kier alpha value is -1.42. The van der Waals surface area contributed by atoms with Gasteiger partial charge in [0.05, 0.1) is 6.04 Å². The SMILES string of the molecule is NCC1C2CC(C2)C(=O)N1c1ccc(F)cc1. The molecule has 0 radical (unpaired) electrons. The molecule has 3 fully saturated rings. The zero-order valence-corrected chi connectivity index (χ0v) is 9.47. The quantitative estimate of drug-likeness (QED) is 0.843. The van der Waals surface area contributed by atoms with E-state index in [0.717, 1.165) is 18.5 Å². The summed E-state index contributed by atoms with van der Waals surface area (Å²) in [6, 6.07) is 6.16. The topological polar surface area (TPSA) is 46.3 Å². The highest BCUT2D eigenvalue weighted by Gasteiger charge is 2.49. The molecule has 2 saturated heterocycles. The van der Waals surface area contributed by atoms with E-state index in [1.165, 1.54) is 12.1 Å². The van der Waals surface area contributed by atoms with E-state index < -0.39 is 0 Å². The first-order chi connectivity index (χ1) is 8.20. The maximum atomic E-state index is 12.9. The molecule has 2 aliphatic heterocycles. The Balaban J connectivity index is 1.94. The average molecular weight is 234 g/mol. The number of nitrogens with zero attached hydrogens (tertiary/aromatic N) is 1. The van der Waals surface area contributed by atoms with Crippen LogP contribution in [0.25, 0.3) is 0 Å². The van der Waals surface area contributed by atoms with Gasteiger partial charge in [0.1, 0.15) is 5.82 Å². The molecule has 0 spiro atoms. The van der Waals surface area contributed by atoms with Crippen LogP contribution < -0.4 is 10.6 Å². The Labute approximate surface area is 99.4 Å². The Morgan fingerprint density at radius 3 is 2.53 bits per heavy atom. The van der Waals surface area contributed by atoms with Crippen molar-refractivity contribution < 1.29 is 9.18 Å². The molecule has 17 heavy (non-hydrogen) atoms. The van der Waals surface area contributed by atoms with E-state index in [2.05, 4.69) is 0 Å². The van der Waals surface area contributed by atoms with Crippen LogP contribution in [-0.2, 0) is 4.79 Å². The normalized spacial score (nSPS) is 31.3. The molecule has 1 aromatic rings. The zero-order valence-electron chi connectivity index (χ0n) is 9.47. The Kier molecular flexibility index (Phi) is 2.40. The largest absolute Gasteiger partial charge is 0.328 e. The molecule has 4 heteroatoms. The van der Waals surface area contributed by atoms with Crippen LogP contribution in [0.4, 0.5) is 10.1 Å². The van der Waals surface area contributed by atoms with Gasteiger partial charge in [0, 0.05) is 18.2 Å². The third-order valence-corrected chi connectivity index (χ3v) is 3.98. The van der Waals surface area contributed by atoms with Crippen LogP contribution in [0.1, 0.15) is 12.8 Å². The summed E-state index contributed by atoms with van der Waals surface area (Å²) in [5, 5.41) is 0. The summed E-state index contributed by atoms with van der Waals surface area (Å²) in [5.41, 5.74) is 6.54. The highest BCUT2D eigenvalue weighted by atomic mass is 19.1. The number of carbonyl (C=O) groups is 1. The smallest absolute Gasteiger partial charge is 0.230 e. The van der Waals surface area contributed by atoms with Crippen molar-refractivity contribution in [3.8, 4) is 0 Å². The van der Waals surface area contributed by atoms with Crippen molar-refractivity contribution >= 4 is 11.6 Å². The Morgan fingerprint density at radius 2 is 1.94 bits per heavy atom. The molecule has 4 rings (SSSR count). The number of halogens is 1. The molecular weight excluding hydrogens is 219 g/mol. The van der Waals surface area contributed by atoms with Crippen LogP contribution in [0.2, 0.25) is 0 Å². The first-order valence-electron chi connectivity index (χ1n) is 5.99. The lowest BCUT2D eigenvalue weighted by Crippen LogP contribution is -2.62. The lowest BCUT2D eigenvalue weighted by Gasteiger charge is -2.51. The molecule has 1 saturated carbocycles. The minimum atomic E-state index is -0.285. The minimum Gasteiger partial charge on any atom is -0.328 e. The van der Waals surface area contributed by atoms with Gasteiger partial charge >= 0.3 is 0 Å². The van der Waals surface area contributed by atoms with E-state index in [4.69, 9.17) is 5.73 Å². The minimum absolute atomic E-state index is 0.0814. The van der Waals surface area contributed by atoms with Crippen molar-refractivity contribution in [2.45, 2.75) is 18.9 Å². The van der Waals surface area contributed by atoms with Gasteiger partial charge < -0.3 is 10.6 Å². The second kappa shape index (κ2) is 3.81. The van der Waals surface area contributed by atoms with E-state index in [1.807, 2.05) is 0 Å². The molecule has 1 atom stereocenters. The molecule has 3 aliphatic rings. The third-order valence-electron chi connectivity index (χ3n) is 3.98. The number of benzene rings is 1. The highest BCUT2D eigenvalue weighted by molar-refractivity contribution is 5.97. The van der Waals surface area contributed by atoms with Gasteiger partial charge in [0.2, 0.25) is 5.91 Å². The van der Waals surface area contributed by atoms with Crippen LogP contribution in [0.5, 0.6) is 0 Å². The van der Waals surface area contributed by atoms with Crippen LogP contribution >= 0.6 is 0 Å². The van der Waals surface area contributed by atoms with Crippen LogP contribution in [-0.4, -0.2) is 18.5 Å². The summed E-state index contributed by atoms with van der Waals surface area (Å²) in [6.07, 6.45) is 1.94. The monoisotopic (exact) mass is 234 g/mol. The summed E-state index contributed by atoms with van der Waals surface area (Å²) < 4.78 is 12.9. The van der Waals surface area contributed by atoms with Crippen molar-refractivity contribution in [3.63, 3.8) is 0 Å². The number of hydrogen-bond donors (Lipinski definition) is 1. The first-order valence-corrected chi connectivity index (χ1v) is 5.99. The maximum Gasteiger partial charge on any atom is 0.230 e. The number of amides is 1. The van der Waals surface area contributed by atoms with E-state index in [1.54, 1.807) is 17.0 Å². The molecule has 1 aliphatic carbocycles. The highest BCUT2D eigenvalue weighted by Crippen LogP contribution is 2.45. The van der Waals surface area contributed by atoms with Crippen molar-refractivity contribution in [2.75, 3.05) is 11.4 Å². The predicted octanol–water partition coefficient (Wildman–Crippen LogP) is 1.53. The van der Waals surface area contributed by atoms with Crippen molar-refractivity contribution in [3.05, 3.63) is 30.1 Å². The van der Waals surface area contributed by atoms with Crippen molar-refractivity contribution in [1.29, 1.82) is 0 Å². The number of nitrogens with two attached hydrogens (primary N) is 1. The summed E-state index contributed by atoms with van der Waals surface area (Å²) in [5.74, 6) is 0.544. The third kappa shape index (κ3) is 1.55. The van der Waals surface area contributed by atoms with E-state index in [9.17, 15) is 9.18 Å². The van der Waals surface area contributed by atoms with Gasteiger partial charge in [-0.1, -0.05) is 0 Å². The lowest BCUT2D eigenvalue weighted by atomic mass is 9.66. The van der Waals surface area contributed by atoms with Crippen molar-refractivity contribution in [1.82, 2.24) is 0 Å². The second-order valence-electron chi connectivity index (χ2n) is 4.92. The fraction of sp³-hybridized carbons (Fsp3) is 0.462. The molecule has 3 nitrogen and oxygen atoms in total. The first kappa shape index (κ1) is 10.7. The van der Waals surface area contributed by atoms with Gasteiger partial charge in [0.15, 0.2) is 0 Å². The Morgan fingerprint density at radius 1 is 1.29 bits per heavy atom. The van der Waals surface area contributed by atoms with Gasteiger partial charge in [0.25, 0.3) is 0 Å². The zero-order chi connectivity index (χ0) is 12.0. The second-order valence-corrected chi connectivity index (χ2v) is 4.92. The molecule has 1 unspecified atom stereocenters. The van der Waals surface area contributed by atoms with Crippen molar-refractivity contribution in [2.24, 2.45) is 17.6 Å². The van der Waals surface area contributed by atoms with Gasteiger partial charge in [-0.15, -0.1) is 0 Å². The standard InChI is InChI=1S/C13H15FN2O/c14-10-1-3-11(4-2-10)16-12(7-15)8-5-9(6-8)13(16)17/h1-4,8-9,12H,5-7,15H2. The maximum absolute atomic E-state index is 12.9. The lowest BCUT2D eigenvalue weighted by molar-refractivity contribution is -0.132. The predicted molar refractivity (Wildman–Crippen MR) is 62.9 cm³/mol. The molecule has 1 aromatic carbocycles. The van der Waals surface area contributed by atoms with E-state index >= 15 is 0 Å². The number of hydrogen-bond acceptors (Lipinski definition) is 2. The van der Waals surface area contributed by atoms with Gasteiger partial charge in [-0.3, -0.25) is 4.79 Å². The average Bonchev–Trinajstić information content (AvgIpc) is 2.28. The number of piperidine rings is 2. The van der Waals surface area contributed by atoms with Gasteiger partial charge in [-0.25, -0.2) is 4.39 Å². The van der Waals surface area contributed by atoms with Crippen LogP contribution in [0.15, 0.2) is 24.3 Å². The summed E-state index contributed by atoms with van der Waals surface area (Å²) >= 11 is 0. The number of rotatable bonds is 2. The van der Waals surface area contributed by atoms with Gasteiger partial charge in [-0.2, -0.15) is 0 Å². The summed E-state index contributed by atoms with van der Waals surface area (Å²) in [4.78, 5) is 14.0. The fourth-order valence-corrected chi connectivity index (χ4v) is 2.97. The molecule has 2 N–H and O–H groups in total. The number of carbonyl (C=O) groups excluding carboxylic acids is 1. The molecule has 0 aromatic heterocycles. The molecule has 2 heterocycles. The van der Waals surface area contributed by atoms with E-state index in [0.29, 0.717) is 12.5 Å². The molecule has 1 amide bonds. The Bertz CT molecular complexity index is 439. The van der Waals surface area contributed by atoms with Crippen LogP contribution in [0.3, 0.4) is 0 Å². The van der Waals surface area contributed by atoms with E-state index in [-0.39, 0.29) is 23.7 Å². The fourth-order valence-electron chi connectivity index (χ4n) is 2.97. The molecule has 90 valence electrons. The van der Waals surface area contributed by atoms with Gasteiger partial charge in [-0.05, 0) is 43.0 Å². The number of fused-ring (bicyclic) bond motifs is 2.